The molecule has 0 radical (unpaired) electrons. The second-order valence-corrected chi connectivity index (χ2v) is 6.65. The summed E-state index contributed by atoms with van der Waals surface area (Å²) >= 11 is 1.58. The number of nitrogens with zero attached hydrogens (tertiary/aromatic N) is 4. The molecule has 0 aromatic carbocycles. The lowest BCUT2D eigenvalue weighted by molar-refractivity contribution is -0.132. The molecule has 1 aliphatic heterocycles. The van der Waals surface area contributed by atoms with Crippen LogP contribution >= 0.6 is 11.3 Å². The maximum Gasteiger partial charge on any atom is 0.223 e. The molecular weight excluding hydrogens is 296 g/mol. The fraction of sp³-hybridized carbons (Fsp3) is 0.562. The van der Waals surface area contributed by atoms with E-state index in [2.05, 4.69) is 17.0 Å². The van der Waals surface area contributed by atoms with Gasteiger partial charge in [0, 0.05) is 36.7 Å². The Kier molecular flexibility index (Phi) is 4.29. The quantitative estimate of drug-likeness (QED) is 0.871. The minimum atomic E-state index is 0.191. The normalized spacial score (nSPS) is 18.1. The first-order valence-corrected chi connectivity index (χ1v) is 8.69. The molecule has 2 aromatic rings. The van der Waals surface area contributed by atoms with E-state index in [1.807, 2.05) is 34.4 Å². The highest BCUT2D eigenvalue weighted by Gasteiger charge is 2.33. The first-order valence-electron chi connectivity index (χ1n) is 7.74. The van der Waals surface area contributed by atoms with Crippen molar-refractivity contribution in [2.24, 2.45) is 7.05 Å². The molecule has 1 saturated heterocycles. The molecule has 0 spiro atoms. The Bertz CT molecular complexity index is 662. The predicted molar refractivity (Wildman–Crippen MR) is 86.8 cm³/mol. The minimum absolute atomic E-state index is 0.191. The number of aromatic nitrogens is 3. The van der Waals surface area contributed by atoms with Crippen LogP contribution in [0.5, 0.6) is 0 Å². The highest BCUT2D eigenvalue weighted by molar-refractivity contribution is 7.07. The smallest absolute Gasteiger partial charge is 0.223 e. The topological polar surface area (TPSA) is 51.0 Å². The van der Waals surface area contributed by atoms with Gasteiger partial charge >= 0.3 is 0 Å². The number of likely N-dealkylation sites (tertiary alicyclic amines) is 1. The molecule has 1 amide bonds. The monoisotopic (exact) mass is 318 g/mol. The SMILES string of the molecule is Cc1nn(C)c(C)c1[C@H]1CCCN1C(=O)CCc1cscn1. The van der Waals surface area contributed by atoms with Crippen molar-refractivity contribution < 1.29 is 4.79 Å². The molecule has 6 heteroatoms. The highest BCUT2D eigenvalue weighted by Crippen LogP contribution is 2.35. The third-order valence-corrected chi connectivity index (χ3v) is 5.19. The zero-order chi connectivity index (χ0) is 15.7. The maximum atomic E-state index is 12.6. The van der Waals surface area contributed by atoms with Gasteiger partial charge in [0.15, 0.2) is 0 Å². The maximum absolute atomic E-state index is 12.6. The lowest BCUT2D eigenvalue weighted by atomic mass is 10.0. The molecular formula is C16H22N4OS. The van der Waals surface area contributed by atoms with Crippen molar-refractivity contribution in [2.75, 3.05) is 6.54 Å². The fourth-order valence-corrected chi connectivity index (χ4v) is 3.97. The summed E-state index contributed by atoms with van der Waals surface area (Å²) in [5.41, 5.74) is 6.29. The Hall–Kier alpha value is -1.69. The van der Waals surface area contributed by atoms with Gasteiger partial charge in [0.1, 0.15) is 0 Å². The number of carbonyl (C=O) groups is 1. The van der Waals surface area contributed by atoms with Crippen molar-refractivity contribution >= 4 is 17.2 Å². The van der Waals surface area contributed by atoms with Crippen LogP contribution in [0.15, 0.2) is 10.9 Å². The van der Waals surface area contributed by atoms with Crippen molar-refractivity contribution in [3.8, 4) is 0 Å². The summed E-state index contributed by atoms with van der Waals surface area (Å²) in [6.07, 6.45) is 3.38. The van der Waals surface area contributed by atoms with Crippen molar-refractivity contribution in [3.63, 3.8) is 0 Å². The number of rotatable bonds is 4. The van der Waals surface area contributed by atoms with Crippen LogP contribution in [0.25, 0.3) is 0 Å². The molecule has 0 bridgehead atoms. The zero-order valence-electron chi connectivity index (χ0n) is 13.4. The molecule has 5 nitrogen and oxygen atoms in total. The van der Waals surface area contributed by atoms with Crippen LogP contribution in [0.2, 0.25) is 0 Å². The van der Waals surface area contributed by atoms with Crippen LogP contribution in [0.3, 0.4) is 0 Å². The summed E-state index contributed by atoms with van der Waals surface area (Å²) in [5, 5.41) is 6.52. The van der Waals surface area contributed by atoms with Crippen molar-refractivity contribution in [2.45, 2.75) is 45.6 Å². The Balaban J connectivity index is 1.73. The Morgan fingerprint density at radius 2 is 2.27 bits per heavy atom. The lowest BCUT2D eigenvalue weighted by Crippen LogP contribution is -2.31. The Morgan fingerprint density at radius 3 is 2.91 bits per heavy atom. The largest absolute Gasteiger partial charge is 0.336 e. The van der Waals surface area contributed by atoms with Crippen LogP contribution in [-0.2, 0) is 18.3 Å². The molecule has 118 valence electrons. The molecule has 1 aliphatic rings. The van der Waals surface area contributed by atoms with Crippen LogP contribution in [0.4, 0.5) is 0 Å². The first kappa shape index (κ1) is 15.2. The zero-order valence-corrected chi connectivity index (χ0v) is 14.2. The Morgan fingerprint density at radius 1 is 1.45 bits per heavy atom. The van der Waals surface area contributed by atoms with E-state index >= 15 is 0 Å². The van der Waals surface area contributed by atoms with E-state index in [4.69, 9.17) is 0 Å². The summed E-state index contributed by atoms with van der Waals surface area (Å²) in [6.45, 7) is 4.98. The fourth-order valence-electron chi connectivity index (χ4n) is 3.38. The molecule has 22 heavy (non-hydrogen) atoms. The van der Waals surface area contributed by atoms with Crippen molar-refractivity contribution in [3.05, 3.63) is 33.5 Å². The van der Waals surface area contributed by atoms with Gasteiger partial charge in [0.05, 0.1) is 22.9 Å². The number of thiazole rings is 1. The third kappa shape index (κ3) is 2.79. The molecule has 1 atom stereocenters. The van der Waals surface area contributed by atoms with E-state index in [0.717, 1.165) is 37.2 Å². The van der Waals surface area contributed by atoms with Gasteiger partial charge in [-0.2, -0.15) is 5.10 Å². The van der Waals surface area contributed by atoms with E-state index in [9.17, 15) is 4.79 Å². The van der Waals surface area contributed by atoms with Crippen LogP contribution in [0, 0.1) is 13.8 Å². The van der Waals surface area contributed by atoms with Gasteiger partial charge in [-0.05, 0) is 33.1 Å². The molecule has 3 rings (SSSR count). The summed E-state index contributed by atoms with van der Waals surface area (Å²) in [5.74, 6) is 0.234. The summed E-state index contributed by atoms with van der Waals surface area (Å²) < 4.78 is 1.92. The van der Waals surface area contributed by atoms with Crippen LogP contribution < -0.4 is 0 Å². The average Bonchev–Trinajstić information content (AvgIpc) is 3.19. The van der Waals surface area contributed by atoms with E-state index in [1.165, 1.54) is 11.3 Å². The van der Waals surface area contributed by atoms with Crippen molar-refractivity contribution in [1.29, 1.82) is 0 Å². The summed E-state index contributed by atoms with van der Waals surface area (Å²) in [6, 6.07) is 0.191. The molecule has 0 N–H and O–H groups in total. The van der Waals surface area contributed by atoms with E-state index < -0.39 is 0 Å². The summed E-state index contributed by atoms with van der Waals surface area (Å²) in [4.78, 5) is 18.9. The lowest BCUT2D eigenvalue weighted by Gasteiger charge is -2.25. The van der Waals surface area contributed by atoms with Gasteiger partial charge in [-0.15, -0.1) is 11.3 Å². The third-order valence-electron chi connectivity index (χ3n) is 4.55. The van der Waals surface area contributed by atoms with Crippen LogP contribution in [-0.4, -0.2) is 32.1 Å². The number of hydrogen-bond donors (Lipinski definition) is 0. The van der Waals surface area contributed by atoms with E-state index in [1.54, 1.807) is 11.3 Å². The molecule has 0 unspecified atom stereocenters. The second kappa shape index (κ2) is 6.20. The first-order chi connectivity index (χ1) is 10.6. The van der Waals surface area contributed by atoms with E-state index in [-0.39, 0.29) is 11.9 Å². The van der Waals surface area contributed by atoms with Gasteiger partial charge in [-0.25, -0.2) is 4.98 Å². The van der Waals surface area contributed by atoms with Gasteiger partial charge in [-0.3, -0.25) is 9.48 Å². The number of aryl methyl sites for hydroxylation is 3. The number of carbonyl (C=O) groups excluding carboxylic acids is 1. The molecule has 1 fully saturated rings. The predicted octanol–water partition coefficient (Wildman–Crippen LogP) is 2.79. The van der Waals surface area contributed by atoms with Gasteiger partial charge < -0.3 is 4.90 Å². The number of amides is 1. The molecule has 0 aliphatic carbocycles. The second-order valence-electron chi connectivity index (χ2n) is 5.93. The molecule has 3 heterocycles. The standard InChI is InChI=1S/C16H22N4OS/c1-11-16(12(2)19(3)18-11)14-5-4-8-20(14)15(21)7-6-13-9-22-10-17-13/h9-10,14H,4-8H2,1-3H3/t14-/m1/s1. The number of hydrogen-bond acceptors (Lipinski definition) is 4. The summed E-state index contributed by atoms with van der Waals surface area (Å²) in [7, 11) is 1.97. The van der Waals surface area contributed by atoms with Crippen LogP contribution in [0.1, 0.15) is 47.9 Å². The minimum Gasteiger partial charge on any atom is -0.336 e. The average molecular weight is 318 g/mol. The molecule has 2 aromatic heterocycles. The van der Waals surface area contributed by atoms with Gasteiger partial charge in [0.25, 0.3) is 0 Å². The Labute approximate surface area is 135 Å². The van der Waals surface area contributed by atoms with Crippen molar-refractivity contribution in [1.82, 2.24) is 19.7 Å². The molecule has 0 saturated carbocycles. The van der Waals surface area contributed by atoms with Gasteiger partial charge in [-0.1, -0.05) is 0 Å². The van der Waals surface area contributed by atoms with Gasteiger partial charge in [0.2, 0.25) is 5.91 Å². The highest BCUT2D eigenvalue weighted by atomic mass is 32.1. The van der Waals surface area contributed by atoms with E-state index in [0.29, 0.717) is 6.42 Å².